The van der Waals surface area contributed by atoms with Gasteiger partial charge in [0.05, 0.1) is 6.10 Å². The van der Waals surface area contributed by atoms with Gasteiger partial charge in [0, 0.05) is 7.11 Å². The normalized spacial score (nSPS) is 29.0. The van der Waals surface area contributed by atoms with E-state index in [4.69, 9.17) is 14.9 Å². The van der Waals surface area contributed by atoms with Gasteiger partial charge >= 0.3 is 5.97 Å². The molecule has 4 nitrogen and oxygen atoms in total. The maximum absolute atomic E-state index is 10.2. The van der Waals surface area contributed by atoms with Crippen LogP contribution in [0.15, 0.2) is 0 Å². The summed E-state index contributed by atoms with van der Waals surface area (Å²) >= 11 is 0. The monoisotopic (exact) mass is 162 g/mol. The molecule has 66 valence electrons. The molecule has 0 aliphatic carbocycles. The standard InChI is InChI=1S/C6H10O3.CH4O/c1-4-2-3-5(9-4)6(7)8;1-2/h4-5H,2-3H2,1H3,(H,7,8);2H,1H3. The summed E-state index contributed by atoms with van der Waals surface area (Å²) < 4.78 is 5.02. The number of aliphatic hydroxyl groups is 1. The molecule has 0 saturated carbocycles. The number of carbonyl (C=O) groups is 1. The summed E-state index contributed by atoms with van der Waals surface area (Å²) in [4.78, 5) is 10.2. The molecule has 0 bridgehead atoms. The molecule has 1 saturated heterocycles. The van der Waals surface area contributed by atoms with E-state index in [1.54, 1.807) is 0 Å². The zero-order valence-electron chi connectivity index (χ0n) is 6.78. The predicted octanol–water partition coefficient (Wildman–Crippen LogP) is 0.247. The van der Waals surface area contributed by atoms with Gasteiger partial charge in [-0.1, -0.05) is 0 Å². The van der Waals surface area contributed by atoms with Crippen molar-refractivity contribution in [3.63, 3.8) is 0 Å². The van der Waals surface area contributed by atoms with Crippen molar-refractivity contribution in [2.24, 2.45) is 0 Å². The van der Waals surface area contributed by atoms with Crippen LogP contribution in [0.5, 0.6) is 0 Å². The van der Waals surface area contributed by atoms with Crippen LogP contribution in [-0.4, -0.2) is 35.5 Å². The highest BCUT2D eigenvalue weighted by atomic mass is 16.5. The molecule has 1 aliphatic heterocycles. The van der Waals surface area contributed by atoms with Gasteiger partial charge in [-0.05, 0) is 19.8 Å². The Balaban J connectivity index is 0.000000461. The molecule has 11 heavy (non-hydrogen) atoms. The highest BCUT2D eigenvalue weighted by Crippen LogP contribution is 2.18. The van der Waals surface area contributed by atoms with Gasteiger partial charge in [0.1, 0.15) is 0 Å². The maximum atomic E-state index is 10.2. The van der Waals surface area contributed by atoms with Crippen molar-refractivity contribution in [3.8, 4) is 0 Å². The quantitative estimate of drug-likeness (QED) is 0.580. The fraction of sp³-hybridized carbons (Fsp3) is 0.857. The average molecular weight is 162 g/mol. The summed E-state index contributed by atoms with van der Waals surface area (Å²) in [6.07, 6.45) is 1.12. The Bertz CT molecular complexity index is 124. The molecule has 2 N–H and O–H groups in total. The fourth-order valence-corrected chi connectivity index (χ4v) is 0.984. The smallest absolute Gasteiger partial charge is 0.332 e. The SMILES string of the molecule is CC1CCC(C(=O)O)O1.CO. The van der Waals surface area contributed by atoms with Crippen molar-refractivity contribution < 1.29 is 19.7 Å². The average Bonchev–Trinajstić information content (AvgIpc) is 2.40. The van der Waals surface area contributed by atoms with Gasteiger partial charge in [0.15, 0.2) is 6.10 Å². The summed E-state index contributed by atoms with van der Waals surface area (Å²) in [6, 6.07) is 0. The summed E-state index contributed by atoms with van der Waals surface area (Å²) in [5.74, 6) is -0.834. The van der Waals surface area contributed by atoms with E-state index in [2.05, 4.69) is 0 Å². The predicted molar refractivity (Wildman–Crippen MR) is 39.3 cm³/mol. The van der Waals surface area contributed by atoms with Crippen molar-refractivity contribution in [2.75, 3.05) is 7.11 Å². The summed E-state index contributed by atoms with van der Waals surface area (Å²) in [7, 11) is 1.00. The van der Waals surface area contributed by atoms with Crippen LogP contribution < -0.4 is 0 Å². The number of ether oxygens (including phenoxy) is 1. The van der Waals surface area contributed by atoms with Crippen molar-refractivity contribution in [3.05, 3.63) is 0 Å². The van der Waals surface area contributed by atoms with Crippen LogP contribution in [0, 0.1) is 0 Å². The van der Waals surface area contributed by atoms with E-state index >= 15 is 0 Å². The van der Waals surface area contributed by atoms with Crippen molar-refractivity contribution in [2.45, 2.75) is 32.0 Å². The zero-order chi connectivity index (χ0) is 8.85. The molecule has 1 heterocycles. The molecule has 1 aliphatic rings. The first kappa shape index (κ1) is 10.4. The number of hydrogen-bond donors (Lipinski definition) is 2. The number of carboxylic acid groups (broad SMARTS) is 1. The Morgan fingerprint density at radius 1 is 1.45 bits per heavy atom. The summed E-state index contributed by atoms with van der Waals surface area (Å²) in [5.41, 5.74) is 0. The minimum absolute atomic E-state index is 0.131. The van der Waals surface area contributed by atoms with Crippen LogP contribution in [0.4, 0.5) is 0 Å². The highest BCUT2D eigenvalue weighted by molar-refractivity contribution is 5.72. The van der Waals surface area contributed by atoms with Crippen LogP contribution in [-0.2, 0) is 9.53 Å². The molecule has 0 aromatic rings. The van der Waals surface area contributed by atoms with Crippen LogP contribution in [0.2, 0.25) is 0 Å². The van der Waals surface area contributed by atoms with Gasteiger partial charge in [-0.2, -0.15) is 0 Å². The molecule has 4 heteroatoms. The minimum Gasteiger partial charge on any atom is -0.479 e. The third kappa shape index (κ3) is 3.34. The van der Waals surface area contributed by atoms with Crippen LogP contribution >= 0.6 is 0 Å². The lowest BCUT2D eigenvalue weighted by atomic mass is 10.2. The first-order valence-electron chi connectivity index (χ1n) is 3.53. The third-order valence-corrected chi connectivity index (χ3v) is 1.51. The second-order valence-electron chi connectivity index (χ2n) is 2.35. The summed E-state index contributed by atoms with van der Waals surface area (Å²) in [5, 5.41) is 15.4. The van der Waals surface area contributed by atoms with E-state index < -0.39 is 12.1 Å². The molecular weight excluding hydrogens is 148 g/mol. The van der Waals surface area contributed by atoms with E-state index in [0.29, 0.717) is 6.42 Å². The van der Waals surface area contributed by atoms with Gasteiger partial charge in [-0.3, -0.25) is 0 Å². The van der Waals surface area contributed by atoms with Gasteiger partial charge in [0.2, 0.25) is 0 Å². The van der Waals surface area contributed by atoms with Crippen molar-refractivity contribution in [1.29, 1.82) is 0 Å². The summed E-state index contributed by atoms with van der Waals surface area (Å²) in [6.45, 7) is 1.89. The van der Waals surface area contributed by atoms with Crippen molar-refractivity contribution >= 4 is 5.97 Å². The van der Waals surface area contributed by atoms with Crippen LogP contribution in [0.25, 0.3) is 0 Å². The Morgan fingerprint density at radius 3 is 2.18 bits per heavy atom. The molecular formula is C7H14O4. The topological polar surface area (TPSA) is 66.8 Å². The van der Waals surface area contributed by atoms with Gasteiger partial charge in [-0.15, -0.1) is 0 Å². The van der Waals surface area contributed by atoms with E-state index in [-0.39, 0.29) is 6.10 Å². The Hall–Kier alpha value is -0.610. The Morgan fingerprint density at radius 2 is 2.00 bits per heavy atom. The minimum atomic E-state index is -0.834. The molecule has 0 spiro atoms. The second-order valence-corrected chi connectivity index (χ2v) is 2.35. The number of carboxylic acids is 1. The third-order valence-electron chi connectivity index (χ3n) is 1.51. The van der Waals surface area contributed by atoms with Crippen LogP contribution in [0.1, 0.15) is 19.8 Å². The van der Waals surface area contributed by atoms with E-state index in [0.717, 1.165) is 13.5 Å². The number of hydrogen-bond acceptors (Lipinski definition) is 3. The van der Waals surface area contributed by atoms with Crippen LogP contribution in [0.3, 0.4) is 0 Å². The lowest BCUT2D eigenvalue weighted by molar-refractivity contribution is -0.149. The van der Waals surface area contributed by atoms with Gasteiger partial charge in [-0.25, -0.2) is 4.79 Å². The number of aliphatic carboxylic acids is 1. The largest absolute Gasteiger partial charge is 0.479 e. The first-order chi connectivity index (χ1) is 5.20. The lowest BCUT2D eigenvalue weighted by Gasteiger charge is -2.03. The van der Waals surface area contributed by atoms with E-state index in [1.165, 1.54) is 0 Å². The fourth-order valence-electron chi connectivity index (χ4n) is 0.984. The number of rotatable bonds is 1. The molecule has 0 radical (unpaired) electrons. The molecule has 2 unspecified atom stereocenters. The number of aliphatic hydroxyl groups excluding tert-OH is 1. The first-order valence-corrected chi connectivity index (χ1v) is 3.53. The molecule has 0 aromatic heterocycles. The van der Waals surface area contributed by atoms with E-state index in [9.17, 15) is 4.79 Å². The lowest BCUT2D eigenvalue weighted by Crippen LogP contribution is -2.19. The van der Waals surface area contributed by atoms with Gasteiger partial charge < -0.3 is 14.9 Å². The van der Waals surface area contributed by atoms with E-state index in [1.807, 2.05) is 6.92 Å². The maximum Gasteiger partial charge on any atom is 0.332 e. The van der Waals surface area contributed by atoms with Gasteiger partial charge in [0.25, 0.3) is 0 Å². The molecule has 0 amide bonds. The molecule has 1 rings (SSSR count). The van der Waals surface area contributed by atoms with Crippen molar-refractivity contribution in [1.82, 2.24) is 0 Å². The molecule has 1 fully saturated rings. The Kier molecular flexibility index (Phi) is 4.81. The highest BCUT2D eigenvalue weighted by Gasteiger charge is 2.27. The zero-order valence-corrected chi connectivity index (χ0v) is 6.78. The molecule has 0 aromatic carbocycles. The second kappa shape index (κ2) is 5.09. The molecule has 2 atom stereocenters. The Labute approximate surface area is 65.8 Å².